The number of nitrogens with zero attached hydrogens (tertiary/aromatic N) is 1. The fraction of sp³-hybridized carbons (Fsp3) is 0.308. The Morgan fingerprint density at radius 2 is 1.21 bits per heavy atom. The van der Waals surface area contributed by atoms with E-state index in [1.165, 1.54) is 13.8 Å². The summed E-state index contributed by atoms with van der Waals surface area (Å²) in [6.07, 6.45) is 1.98. The molecule has 3 amide bonds. The highest BCUT2D eigenvalue weighted by Crippen LogP contribution is 2.49. The van der Waals surface area contributed by atoms with Crippen molar-refractivity contribution in [1.29, 1.82) is 0 Å². The molecular weight excluding hydrogens is 699 g/mol. The molecular formula is C39H45N4O9P. The third-order valence-corrected chi connectivity index (χ3v) is 9.73. The number of esters is 1. The van der Waals surface area contributed by atoms with Crippen LogP contribution in [-0.4, -0.2) is 64.3 Å². The molecule has 1 unspecified atom stereocenters. The van der Waals surface area contributed by atoms with E-state index in [2.05, 4.69) is 20.9 Å². The van der Waals surface area contributed by atoms with Crippen molar-refractivity contribution in [3.8, 4) is 0 Å². The van der Waals surface area contributed by atoms with Crippen LogP contribution in [0.1, 0.15) is 42.5 Å². The van der Waals surface area contributed by atoms with Crippen molar-refractivity contribution in [3.05, 3.63) is 138 Å². The quantitative estimate of drug-likeness (QED) is 0.0587. The molecule has 53 heavy (non-hydrogen) atoms. The first-order valence-electron chi connectivity index (χ1n) is 17.2. The summed E-state index contributed by atoms with van der Waals surface area (Å²) >= 11 is 0. The summed E-state index contributed by atoms with van der Waals surface area (Å²) in [7, 11) is -4.83. The number of nitrogens with one attached hydrogen (secondary N) is 3. The molecule has 0 fully saturated rings. The van der Waals surface area contributed by atoms with Gasteiger partial charge in [-0.3, -0.25) is 23.7 Å². The van der Waals surface area contributed by atoms with Gasteiger partial charge in [0.05, 0.1) is 6.61 Å². The van der Waals surface area contributed by atoms with Crippen LogP contribution < -0.4 is 16.0 Å². The molecule has 0 bridgehead atoms. The van der Waals surface area contributed by atoms with Gasteiger partial charge in [-0.15, -0.1) is 0 Å². The maximum Gasteiger partial charge on any atom is 0.408 e. The Labute approximate surface area is 309 Å². The predicted molar refractivity (Wildman–Crippen MR) is 197 cm³/mol. The Kier molecular flexibility index (Phi) is 15.7. The zero-order valence-corrected chi connectivity index (χ0v) is 30.5. The molecule has 14 heteroatoms. The molecule has 13 nitrogen and oxygen atoms in total. The normalized spacial score (nSPS) is 14.3. The summed E-state index contributed by atoms with van der Waals surface area (Å²) in [5.41, 5.74) is 3.06. The molecule has 4 aromatic rings. The van der Waals surface area contributed by atoms with Crippen LogP contribution in [0.25, 0.3) is 0 Å². The van der Waals surface area contributed by atoms with E-state index in [1.807, 2.05) is 18.2 Å². The van der Waals surface area contributed by atoms with Crippen molar-refractivity contribution in [2.24, 2.45) is 0 Å². The molecule has 0 spiro atoms. The van der Waals surface area contributed by atoms with Crippen LogP contribution in [-0.2, 0) is 58.8 Å². The smallest absolute Gasteiger partial charge is 0.408 e. The van der Waals surface area contributed by atoms with Gasteiger partial charge >= 0.3 is 19.7 Å². The van der Waals surface area contributed by atoms with Gasteiger partial charge in [-0.05, 0) is 61.1 Å². The summed E-state index contributed by atoms with van der Waals surface area (Å²) in [4.78, 5) is 67.4. The number of hydrogen-bond acceptors (Lipinski definition) is 9. The first-order valence-corrected chi connectivity index (χ1v) is 18.9. The lowest BCUT2D eigenvalue weighted by Gasteiger charge is -2.28. The second-order valence-corrected chi connectivity index (χ2v) is 14.3. The number of amides is 3. The van der Waals surface area contributed by atoms with Crippen LogP contribution in [0.15, 0.2) is 116 Å². The van der Waals surface area contributed by atoms with E-state index in [0.717, 1.165) is 11.1 Å². The van der Waals surface area contributed by atoms with Gasteiger partial charge in [0.15, 0.2) is 6.10 Å². The van der Waals surface area contributed by atoms with Gasteiger partial charge in [0.1, 0.15) is 24.5 Å². The van der Waals surface area contributed by atoms with Crippen molar-refractivity contribution in [3.63, 3.8) is 0 Å². The van der Waals surface area contributed by atoms with Gasteiger partial charge in [0.25, 0.3) is 0 Å². The van der Waals surface area contributed by atoms with Crippen molar-refractivity contribution in [1.82, 2.24) is 20.9 Å². The Hall–Kier alpha value is -5.36. The molecule has 280 valence electrons. The summed E-state index contributed by atoms with van der Waals surface area (Å²) < 4.78 is 30.5. The fourth-order valence-electron chi connectivity index (χ4n) is 5.12. The van der Waals surface area contributed by atoms with E-state index < -0.39 is 55.4 Å². The van der Waals surface area contributed by atoms with Gasteiger partial charge in [0, 0.05) is 25.2 Å². The Morgan fingerprint density at radius 3 is 1.81 bits per heavy atom. The highest BCUT2D eigenvalue weighted by atomic mass is 31.2. The van der Waals surface area contributed by atoms with Crippen molar-refractivity contribution < 1.29 is 42.6 Å². The molecule has 4 N–H and O–H groups in total. The largest absolute Gasteiger partial charge is 0.464 e. The molecule has 0 saturated carbocycles. The summed E-state index contributed by atoms with van der Waals surface area (Å²) in [6, 6.07) is 28.0. The molecule has 3 aromatic carbocycles. The first-order chi connectivity index (χ1) is 25.5. The molecule has 5 atom stereocenters. The Morgan fingerprint density at radius 1 is 0.679 bits per heavy atom. The van der Waals surface area contributed by atoms with Crippen LogP contribution in [0.3, 0.4) is 0 Å². The molecule has 0 aliphatic heterocycles. The van der Waals surface area contributed by atoms with Crippen LogP contribution in [0, 0.1) is 0 Å². The number of aromatic nitrogens is 1. The van der Waals surface area contributed by atoms with Gasteiger partial charge in [-0.25, -0.2) is 9.59 Å². The van der Waals surface area contributed by atoms with Crippen LogP contribution in [0.2, 0.25) is 0 Å². The number of benzene rings is 3. The molecule has 0 radical (unpaired) electrons. The minimum atomic E-state index is -4.83. The average molecular weight is 745 g/mol. The highest BCUT2D eigenvalue weighted by Gasteiger charge is 2.40. The number of carbonyl (C=O) groups excluding carboxylic acids is 4. The molecule has 0 aliphatic rings. The minimum absolute atomic E-state index is 0.00217. The maximum absolute atomic E-state index is 14.1. The van der Waals surface area contributed by atoms with Crippen LogP contribution in [0.4, 0.5) is 4.79 Å². The van der Waals surface area contributed by atoms with Gasteiger partial charge < -0.3 is 30.3 Å². The van der Waals surface area contributed by atoms with E-state index >= 15 is 0 Å². The Balaban J connectivity index is 1.41. The number of alkyl carbamates (subject to hydrolysis) is 1. The predicted octanol–water partition coefficient (Wildman–Crippen LogP) is 4.88. The van der Waals surface area contributed by atoms with E-state index in [1.54, 1.807) is 97.3 Å². The monoisotopic (exact) mass is 744 g/mol. The van der Waals surface area contributed by atoms with E-state index in [-0.39, 0.29) is 26.1 Å². The van der Waals surface area contributed by atoms with E-state index in [0.29, 0.717) is 24.0 Å². The molecule has 0 aliphatic carbocycles. The zero-order valence-electron chi connectivity index (χ0n) is 29.6. The Bertz CT molecular complexity index is 1800. The second kappa shape index (κ2) is 20.6. The topological polar surface area (TPSA) is 182 Å². The van der Waals surface area contributed by atoms with Crippen molar-refractivity contribution in [2.45, 2.75) is 70.1 Å². The third kappa shape index (κ3) is 13.9. The van der Waals surface area contributed by atoms with Crippen LogP contribution in [0.5, 0.6) is 0 Å². The lowest BCUT2D eigenvalue weighted by molar-refractivity contribution is -0.152. The number of carbonyl (C=O) groups is 4. The fourth-order valence-corrected chi connectivity index (χ4v) is 6.53. The third-order valence-electron chi connectivity index (χ3n) is 8.08. The number of hydrogen-bond donors (Lipinski definition) is 4. The molecule has 1 heterocycles. The van der Waals surface area contributed by atoms with Crippen molar-refractivity contribution >= 4 is 31.5 Å². The molecule has 0 saturated heterocycles. The zero-order chi connectivity index (χ0) is 38.1. The summed E-state index contributed by atoms with van der Waals surface area (Å²) in [5, 5.41) is 7.46. The van der Waals surface area contributed by atoms with Crippen LogP contribution >= 0.6 is 7.60 Å². The van der Waals surface area contributed by atoms with Gasteiger partial charge in [-0.2, -0.15) is 0 Å². The van der Waals surface area contributed by atoms with E-state index in [9.17, 15) is 28.6 Å². The maximum atomic E-state index is 14.1. The number of pyridine rings is 1. The van der Waals surface area contributed by atoms with Crippen molar-refractivity contribution in [2.75, 3.05) is 6.61 Å². The average Bonchev–Trinajstić information content (AvgIpc) is 3.16. The number of rotatable bonds is 19. The van der Waals surface area contributed by atoms with Gasteiger partial charge in [-0.1, -0.05) is 91.0 Å². The SMILES string of the molecule is C[C@H](NC(=O)OCc1ccccc1)C(=O)N[C@@H](C)C(=O)N[C@@H](Cc1ccccc1)P(=O)(O)O[C@@H](Cc1ccccc1)C(=O)OCCCc1ccncc1. The van der Waals surface area contributed by atoms with E-state index in [4.69, 9.17) is 14.0 Å². The summed E-state index contributed by atoms with van der Waals surface area (Å²) in [5.74, 6) is -3.83. The lowest BCUT2D eigenvalue weighted by atomic mass is 10.1. The lowest BCUT2D eigenvalue weighted by Crippen LogP contribution is -2.53. The highest BCUT2D eigenvalue weighted by molar-refractivity contribution is 7.53. The van der Waals surface area contributed by atoms with Gasteiger partial charge in [0.2, 0.25) is 11.8 Å². The second-order valence-electron chi connectivity index (χ2n) is 12.3. The summed E-state index contributed by atoms with van der Waals surface area (Å²) in [6.45, 7) is 2.86. The first kappa shape index (κ1) is 40.4. The minimum Gasteiger partial charge on any atom is -0.464 e. The molecule has 4 rings (SSSR count). The number of aryl methyl sites for hydroxylation is 1. The number of ether oxygens (including phenoxy) is 2. The standard InChI is InChI=1S/C39H45N4O9P/c1-28(41-36(44)29(2)42-39(47)51-27-33-17-10-5-11-18-33)37(45)43-35(26-32-15-8-4-9-16-32)53(48,49)52-34(25-31-13-6-3-7-14-31)38(46)50-24-12-19-30-20-22-40-23-21-30/h3-11,13-18,20-23,28-29,34-35H,12,19,24-27H2,1-2H3,(H,41,44)(H,42,47)(H,43,45)(H,48,49)/t28-,29-,34-,35+/m0/s1. The molecule has 1 aromatic heterocycles.